The molecule has 1 aliphatic rings. The number of aliphatic imine (C=N–C) groups is 1. The number of ether oxygens (including phenoxy) is 1. The number of amidine groups is 1. The van der Waals surface area contributed by atoms with Crippen LogP contribution >= 0.6 is 0 Å². The number of carbonyl (C=O) groups is 1. The molecule has 0 spiro atoms. The molecule has 0 atom stereocenters. The minimum Gasteiger partial charge on any atom is -0.402 e. The monoisotopic (exact) mass is 188 g/mol. The Labute approximate surface area is 80.7 Å². The van der Waals surface area contributed by atoms with Crippen LogP contribution in [0.3, 0.4) is 0 Å². The largest absolute Gasteiger partial charge is 0.402 e. The maximum Gasteiger partial charge on any atom is 0.380 e. The first-order chi connectivity index (χ1) is 6.75. The molecule has 0 bridgehead atoms. The van der Waals surface area contributed by atoms with Crippen LogP contribution in [-0.4, -0.2) is 11.8 Å². The molecule has 0 aromatic heterocycles. The Morgan fingerprint density at radius 2 is 2.00 bits per heavy atom. The second-order valence-electron chi connectivity index (χ2n) is 2.78. The molecule has 0 radical (unpaired) electrons. The van der Waals surface area contributed by atoms with E-state index in [1.807, 2.05) is 30.3 Å². The van der Waals surface area contributed by atoms with Crippen molar-refractivity contribution in [1.82, 2.24) is 0 Å². The Kier molecular flexibility index (Phi) is 2.02. The quantitative estimate of drug-likeness (QED) is 0.666. The number of esters is 1. The molecule has 1 aromatic rings. The van der Waals surface area contributed by atoms with E-state index in [2.05, 4.69) is 4.99 Å². The van der Waals surface area contributed by atoms with Gasteiger partial charge in [-0.25, -0.2) is 4.79 Å². The third kappa shape index (κ3) is 1.64. The van der Waals surface area contributed by atoms with Crippen LogP contribution in [0.4, 0.5) is 0 Å². The van der Waals surface area contributed by atoms with Gasteiger partial charge in [-0.15, -0.1) is 0 Å². The van der Waals surface area contributed by atoms with Gasteiger partial charge >= 0.3 is 5.97 Å². The van der Waals surface area contributed by atoms with Crippen molar-refractivity contribution in [3.8, 4) is 0 Å². The summed E-state index contributed by atoms with van der Waals surface area (Å²) in [5, 5.41) is 0. The van der Waals surface area contributed by atoms with E-state index in [4.69, 9.17) is 10.5 Å². The molecule has 1 heterocycles. The number of rotatable bonds is 1. The minimum atomic E-state index is -0.591. The van der Waals surface area contributed by atoms with Crippen molar-refractivity contribution < 1.29 is 9.53 Å². The van der Waals surface area contributed by atoms with E-state index >= 15 is 0 Å². The smallest absolute Gasteiger partial charge is 0.380 e. The zero-order valence-corrected chi connectivity index (χ0v) is 7.31. The van der Waals surface area contributed by atoms with Gasteiger partial charge in [0.2, 0.25) is 11.7 Å². The summed E-state index contributed by atoms with van der Waals surface area (Å²) in [6.07, 6.45) is 1.65. The van der Waals surface area contributed by atoms with Crippen molar-refractivity contribution in [2.75, 3.05) is 0 Å². The number of benzene rings is 1. The van der Waals surface area contributed by atoms with Gasteiger partial charge in [0, 0.05) is 6.08 Å². The number of hydrogen-bond acceptors (Lipinski definition) is 4. The molecule has 2 N–H and O–H groups in total. The van der Waals surface area contributed by atoms with E-state index in [1.165, 1.54) is 0 Å². The molecule has 0 saturated carbocycles. The lowest BCUT2D eigenvalue weighted by molar-refractivity contribution is -0.130. The average Bonchev–Trinajstić information content (AvgIpc) is 2.47. The summed E-state index contributed by atoms with van der Waals surface area (Å²) in [5.74, 6) is -0.460. The molecule has 0 unspecified atom stereocenters. The Hall–Kier alpha value is -2.10. The van der Waals surface area contributed by atoms with Crippen molar-refractivity contribution in [3.63, 3.8) is 0 Å². The van der Waals surface area contributed by atoms with Crippen molar-refractivity contribution in [3.05, 3.63) is 41.8 Å². The Morgan fingerprint density at radius 1 is 1.29 bits per heavy atom. The second-order valence-corrected chi connectivity index (χ2v) is 2.78. The lowest BCUT2D eigenvalue weighted by atomic mass is 10.2. The van der Waals surface area contributed by atoms with Gasteiger partial charge in [-0.1, -0.05) is 30.3 Å². The lowest BCUT2D eigenvalue weighted by Crippen LogP contribution is -2.19. The molecule has 4 nitrogen and oxygen atoms in total. The highest BCUT2D eigenvalue weighted by Crippen LogP contribution is 2.13. The Bertz CT molecular complexity index is 421. The van der Waals surface area contributed by atoms with E-state index in [0.29, 0.717) is 0 Å². The summed E-state index contributed by atoms with van der Waals surface area (Å²) in [6, 6.07) is 9.43. The van der Waals surface area contributed by atoms with Crippen molar-refractivity contribution in [1.29, 1.82) is 0 Å². The van der Waals surface area contributed by atoms with Crippen LogP contribution < -0.4 is 5.73 Å². The number of carbonyl (C=O) groups excluding carboxylic acids is 1. The SMILES string of the molecule is NC1=NC(=Cc2ccccc2)OC1=O. The first kappa shape index (κ1) is 8.50. The van der Waals surface area contributed by atoms with Gasteiger partial charge in [0.05, 0.1) is 0 Å². The molecular weight excluding hydrogens is 180 g/mol. The van der Waals surface area contributed by atoms with Crippen LogP contribution in [0.2, 0.25) is 0 Å². The van der Waals surface area contributed by atoms with E-state index in [9.17, 15) is 4.79 Å². The molecule has 70 valence electrons. The van der Waals surface area contributed by atoms with Crippen molar-refractivity contribution in [2.45, 2.75) is 0 Å². The predicted octanol–water partition coefficient (Wildman–Crippen LogP) is 0.899. The topological polar surface area (TPSA) is 64.7 Å². The fourth-order valence-electron chi connectivity index (χ4n) is 1.09. The van der Waals surface area contributed by atoms with Crippen LogP contribution in [0.25, 0.3) is 6.08 Å². The van der Waals surface area contributed by atoms with Gasteiger partial charge in [-0.2, -0.15) is 4.99 Å². The first-order valence-corrected chi connectivity index (χ1v) is 4.09. The molecule has 0 amide bonds. The van der Waals surface area contributed by atoms with Crippen LogP contribution in [-0.2, 0) is 9.53 Å². The fraction of sp³-hybridized carbons (Fsp3) is 0. The van der Waals surface area contributed by atoms with Gasteiger partial charge in [0.25, 0.3) is 0 Å². The van der Waals surface area contributed by atoms with Gasteiger partial charge in [0.15, 0.2) is 0 Å². The molecule has 0 aliphatic carbocycles. The number of nitrogens with zero attached hydrogens (tertiary/aromatic N) is 1. The molecule has 1 aliphatic heterocycles. The first-order valence-electron chi connectivity index (χ1n) is 4.09. The highest BCUT2D eigenvalue weighted by Gasteiger charge is 2.19. The standard InChI is InChI=1S/C10H8N2O2/c11-9-10(13)14-8(12-9)6-7-4-2-1-3-5-7/h1-6H,(H2,11,12). The van der Waals surface area contributed by atoms with Gasteiger partial charge in [0.1, 0.15) is 0 Å². The minimum absolute atomic E-state index is 0.104. The van der Waals surface area contributed by atoms with E-state index in [1.54, 1.807) is 6.08 Å². The zero-order chi connectivity index (χ0) is 9.97. The number of nitrogens with two attached hydrogens (primary N) is 1. The number of cyclic esters (lactones) is 1. The second kappa shape index (κ2) is 3.33. The Balaban J connectivity index is 2.26. The highest BCUT2D eigenvalue weighted by atomic mass is 16.6. The van der Waals surface area contributed by atoms with Gasteiger partial charge in [-0.3, -0.25) is 0 Å². The third-order valence-electron chi connectivity index (χ3n) is 1.73. The predicted molar refractivity (Wildman–Crippen MR) is 52.1 cm³/mol. The molecule has 2 rings (SSSR count). The van der Waals surface area contributed by atoms with Crippen LogP contribution in [0.15, 0.2) is 41.2 Å². The van der Waals surface area contributed by atoms with Crippen molar-refractivity contribution >= 4 is 17.9 Å². The molecule has 0 saturated heterocycles. The van der Waals surface area contributed by atoms with E-state index in [-0.39, 0.29) is 11.7 Å². The summed E-state index contributed by atoms with van der Waals surface area (Å²) in [6.45, 7) is 0. The molecule has 1 aromatic carbocycles. The zero-order valence-electron chi connectivity index (χ0n) is 7.31. The van der Waals surface area contributed by atoms with Crippen LogP contribution in [0.1, 0.15) is 5.56 Å². The maximum absolute atomic E-state index is 10.9. The highest BCUT2D eigenvalue weighted by molar-refractivity contribution is 6.36. The lowest BCUT2D eigenvalue weighted by Gasteiger charge is -1.93. The molecule has 0 fully saturated rings. The van der Waals surface area contributed by atoms with Crippen molar-refractivity contribution in [2.24, 2.45) is 10.7 Å². The van der Waals surface area contributed by atoms with Gasteiger partial charge < -0.3 is 10.5 Å². The normalized spacial score (nSPS) is 18.1. The molecular formula is C10H8N2O2. The summed E-state index contributed by atoms with van der Waals surface area (Å²) in [7, 11) is 0. The molecule has 4 heteroatoms. The Morgan fingerprint density at radius 3 is 2.57 bits per heavy atom. The summed E-state index contributed by atoms with van der Waals surface area (Å²) in [5.41, 5.74) is 6.17. The summed E-state index contributed by atoms with van der Waals surface area (Å²) >= 11 is 0. The van der Waals surface area contributed by atoms with Crippen LogP contribution in [0.5, 0.6) is 0 Å². The van der Waals surface area contributed by atoms with Gasteiger partial charge in [-0.05, 0) is 5.56 Å². The van der Waals surface area contributed by atoms with Crippen LogP contribution in [0, 0.1) is 0 Å². The maximum atomic E-state index is 10.9. The summed E-state index contributed by atoms with van der Waals surface area (Å²) in [4.78, 5) is 14.6. The fourth-order valence-corrected chi connectivity index (χ4v) is 1.09. The average molecular weight is 188 g/mol. The van der Waals surface area contributed by atoms with E-state index < -0.39 is 5.97 Å². The molecule has 14 heavy (non-hydrogen) atoms. The van der Waals surface area contributed by atoms with E-state index in [0.717, 1.165) is 5.56 Å². The number of hydrogen-bond donors (Lipinski definition) is 1. The third-order valence-corrected chi connectivity index (χ3v) is 1.73. The summed E-state index contributed by atoms with van der Waals surface area (Å²) < 4.78 is 4.77.